The van der Waals surface area contributed by atoms with Crippen LogP contribution in [0.15, 0.2) is 22.7 Å². The van der Waals surface area contributed by atoms with E-state index in [1.54, 1.807) is 0 Å². The van der Waals surface area contributed by atoms with Gasteiger partial charge in [-0.1, -0.05) is 15.9 Å². The molecule has 1 aromatic rings. The summed E-state index contributed by atoms with van der Waals surface area (Å²) in [7, 11) is 1.95. The maximum atomic E-state index is 11.5. The Kier molecular flexibility index (Phi) is 4.43. The summed E-state index contributed by atoms with van der Waals surface area (Å²) in [6, 6.07) is 7.86. The molecule has 0 saturated carbocycles. The van der Waals surface area contributed by atoms with Crippen molar-refractivity contribution in [3.05, 3.63) is 28.2 Å². The lowest BCUT2D eigenvalue weighted by Crippen LogP contribution is -2.34. The number of rotatable bonds is 4. The number of nitriles is 1. The molecule has 1 fully saturated rings. The molecule has 0 unspecified atom stereocenters. The van der Waals surface area contributed by atoms with Gasteiger partial charge in [-0.2, -0.15) is 5.26 Å². The van der Waals surface area contributed by atoms with E-state index in [0.717, 1.165) is 36.2 Å². The second-order valence-electron chi connectivity index (χ2n) is 4.68. The van der Waals surface area contributed by atoms with E-state index in [0.29, 0.717) is 12.0 Å². The van der Waals surface area contributed by atoms with Crippen molar-refractivity contribution in [1.29, 1.82) is 5.26 Å². The highest BCUT2D eigenvalue weighted by Crippen LogP contribution is 2.23. The maximum Gasteiger partial charge on any atom is 0.222 e. The van der Waals surface area contributed by atoms with Crippen LogP contribution in [0.25, 0.3) is 0 Å². The Balaban J connectivity index is 2.02. The number of carbonyl (C=O) groups is 1. The predicted molar refractivity (Wildman–Crippen MR) is 77.9 cm³/mol. The van der Waals surface area contributed by atoms with Crippen molar-refractivity contribution in [3.63, 3.8) is 0 Å². The molecule has 0 aliphatic carbocycles. The lowest BCUT2D eigenvalue weighted by atomic mass is 10.2. The zero-order valence-electron chi connectivity index (χ0n) is 10.9. The first-order chi connectivity index (χ1) is 9.11. The van der Waals surface area contributed by atoms with E-state index >= 15 is 0 Å². The first kappa shape index (κ1) is 13.9. The third kappa shape index (κ3) is 3.27. The molecule has 0 atom stereocenters. The number of amides is 1. The Morgan fingerprint density at radius 1 is 1.53 bits per heavy atom. The van der Waals surface area contributed by atoms with E-state index < -0.39 is 0 Å². The quantitative estimate of drug-likeness (QED) is 0.855. The van der Waals surface area contributed by atoms with Crippen molar-refractivity contribution in [3.8, 4) is 6.07 Å². The molecule has 19 heavy (non-hydrogen) atoms. The van der Waals surface area contributed by atoms with Crippen molar-refractivity contribution in [2.24, 2.45) is 0 Å². The fourth-order valence-electron chi connectivity index (χ4n) is 2.26. The SMILES string of the molecule is CN(CCN1CCCC1=O)c1ccc(Br)cc1C#N. The van der Waals surface area contributed by atoms with Crippen molar-refractivity contribution < 1.29 is 4.79 Å². The molecule has 5 heteroatoms. The molecule has 0 aromatic heterocycles. The molecule has 4 nitrogen and oxygen atoms in total. The Bertz CT molecular complexity index is 524. The van der Waals surface area contributed by atoms with Crippen LogP contribution in [0.4, 0.5) is 5.69 Å². The molecule has 1 heterocycles. The molecule has 0 bridgehead atoms. The number of hydrogen-bond acceptors (Lipinski definition) is 3. The van der Waals surface area contributed by atoms with Gasteiger partial charge in [0.2, 0.25) is 5.91 Å². The number of likely N-dealkylation sites (N-methyl/N-ethyl adjacent to an activating group) is 1. The van der Waals surface area contributed by atoms with Crippen LogP contribution < -0.4 is 4.90 Å². The molecule has 1 aliphatic rings. The van der Waals surface area contributed by atoms with Gasteiger partial charge in [-0.05, 0) is 24.6 Å². The largest absolute Gasteiger partial charge is 0.372 e. The van der Waals surface area contributed by atoms with Crippen LogP contribution in [0.5, 0.6) is 0 Å². The summed E-state index contributed by atoms with van der Waals surface area (Å²) in [5.41, 5.74) is 1.54. The average Bonchev–Trinajstić information content (AvgIpc) is 2.81. The van der Waals surface area contributed by atoms with Gasteiger partial charge in [0.1, 0.15) is 6.07 Å². The first-order valence-corrected chi connectivity index (χ1v) is 7.09. The van der Waals surface area contributed by atoms with Crippen molar-refractivity contribution in [2.75, 3.05) is 31.6 Å². The monoisotopic (exact) mass is 321 g/mol. The summed E-state index contributed by atoms with van der Waals surface area (Å²) in [5.74, 6) is 0.240. The highest BCUT2D eigenvalue weighted by atomic mass is 79.9. The van der Waals surface area contributed by atoms with Gasteiger partial charge in [-0.25, -0.2) is 0 Å². The highest BCUT2D eigenvalue weighted by molar-refractivity contribution is 9.10. The molecule has 1 aliphatic heterocycles. The van der Waals surface area contributed by atoms with E-state index in [1.165, 1.54) is 0 Å². The van der Waals surface area contributed by atoms with Crippen LogP contribution in [0, 0.1) is 11.3 Å². The summed E-state index contributed by atoms with van der Waals surface area (Å²) in [6.07, 6.45) is 1.63. The summed E-state index contributed by atoms with van der Waals surface area (Å²) in [5, 5.41) is 9.15. The van der Waals surface area contributed by atoms with Crippen LogP contribution >= 0.6 is 15.9 Å². The van der Waals surface area contributed by atoms with E-state index in [2.05, 4.69) is 22.0 Å². The van der Waals surface area contributed by atoms with Gasteiger partial charge in [0.15, 0.2) is 0 Å². The van der Waals surface area contributed by atoms with E-state index in [9.17, 15) is 4.79 Å². The first-order valence-electron chi connectivity index (χ1n) is 6.30. The number of halogens is 1. The molecule has 0 N–H and O–H groups in total. The zero-order chi connectivity index (χ0) is 13.8. The summed E-state index contributed by atoms with van der Waals surface area (Å²) in [4.78, 5) is 15.5. The lowest BCUT2D eigenvalue weighted by molar-refractivity contribution is -0.127. The van der Waals surface area contributed by atoms with E-state index in [4.69, 9.17) is 5.26 Å². The fraction of sp³-hybridized carbons (Fsp3) is 0.429. The molecule has 0 spiro atoms. The van der Waals surface area contributed by atoms with E-state index in [1.807, 2.05) is 35.0 Å². The van der Waals surface area contributed by atoms with Gasteiger partial charge >= 0.3 is 0 Å². The zero-order valence-corrected chi connectivity index (χ0v) is 12.5. The molecular weight excluding hydrogens is 306 g/mol. The summed E-state index contributed by atoms with van der Waals surface area (Å²) in [6.45, 7) is 2.32. The Morgan fingerprint density at radius 2 is 2.32 bits per heavy atom. The lowest BCUT2D eigenvalue weighted by Gasteiger charge is -2.24. The Hall–Kier alpha value is -1.54. The molecular formula is C14H16BrN3O. The van der Waals surface area contributed by atoms with Crippen LogP contribution in [-0.4, -0.2) is 37.5 Å². The van der Waals surface area contributed by atoms with Crippen molar-refractivity contribution in [1.82, 2.24) is 4.90 Å². The average molecular weight is 322 g/mol. The van der Waals surface area contributed by atoms with Crippen molar-refractivity contribution in [2.45, 2.75) is 12.8 Å². The predicted octanol–water partition coefficient (Wildman–Crippen LogP) is 2.38. The van der Waals surface area contributed by atoms with Crippen LogP contribution in [0.2, 0.25) is 0 Å². The molecule has 2 rings (SSSR count). The van der Waals surface area contributed by atoms with Crippen LogP contribution in [-0.2, 0) is 4.79 Å². The van der Waals surface area contributed by atoms with Crippen molar-refractivity contribution >= 4 is 27.5 Å². The van der Waals surface area contributed by atoms with Gasteiger partial charge < -0.3 is 9.80 Å². The number of benzene rings is 1. The summed E-state index contributed by atoms with van der Waals surface area (Å²) >= 11 is 3.36. The second kappa shape index (κ2) is 6.07. The second-order valence-corrected chi connectivity index (χ2v) is 5.59. The molecule has 0 radical (unpaired) electrons. The topological polar surface area (TPSA) is 47.3 Å². The summed E-state index contributed by atoms with van der Waals surface area (Å²) < 4.78 is 0.899. The molecule has 1 aromatic carbocycles. The Morgan fingerprint density at radius 3 is 2.95 bits per heavy atom. The smallest absolute Gasteiger partial charge is 0.222 e. The molecule has 100 valence electrons. The van der Waals surface area contributed by atoms with Gasteiger partial charge in [0.25, 0.3) is 0 Å². The molecule has 1 saturated heterocycles. The number of likely N-dealkylation sites (tertiary alicyclic amines) is 1. The minimum absolute atomic E-state index is 0.240. The number of nitrogens with zero attached hydrogens (tertiary/aromatic N) is 3. The Labute approximate surface area is 121 Å². The van der Waals surface area contributed by atoms with E-state index in [-0.39, 0.29) is 5.91 Å². The third-order valence-corrected chi connectivity index (χ3v) is 3.86. The molecule has 1 amide bonds. The number of hydrogen-bond donors (Lipinski definition) is 0. The van der Waals surface area contributed by atoms with Gasteiger partial charge in [-0.15, -0.1) is 0 Å². The van der Waals surface area contributed by atoms with Gasteiger partial charge in [0, 0.05) is 37.6 Å². The van der Waals surface area contributed by atoms with Gasteiger partial charge in [-0.3, -0.25) is 4.79 Å². The standard InChI is InChI=1S/C14H16BrN3O/c1-17(7-8-18-6-2-3-14(18)19)13-5-4-12(15)9-11(13)10-16/h4-5,9H,2-3,6-8H2,1H3. The fourth-order valence-corrected chi connectivity index (χ4v) is 2.62. The highest BCUT2D eigenvalue weighted by Gasteiger charge is 2.20. The van der Waals surface area contributed by atoms with Gasteiger partial charge in [0.05, 0.1) is 11.3 Å². The van der Waals surface area contributed by atoms with Crippen LogP contribution in [0.3, 0.4) is 0 Å². The van der Waals surface area contributed by atoms with Crippen LogP contribution in [0.1, 0.15) is 18.4 Å². The number of carbonyl (C=O) groups excluding carboxylic acids is 1. The maximum absolute atomic E-state index is 11.5. The minimum Gasteiger partial charge on any atom is -0.372 e. The minimum atomic E-state index is 0.240. The number of anilines is 1. The normalized spacial score (nSPS) is 14.6. The third-order valence-electron chi connectivity index (χ3n) is 3.37.